The minimum Gasteiger partial charge on any atom is -0.384 e. The van der Waals surface area contributed by atoms with Crippen LogP contribution in [0.3, 0.4) is 0 Å². The number of nitrogen functional groups attached to an aromatic ring is 1. The van der Waals surface area contributed by atoms with E-state index in [4.69, 9.17) is 11.1 Å². The average Bonchev–Trinajstić information content (AvgIpc) is 2.72. The van der Waals surface area contributed by atoms with Crippen LogP contribution in [0.4, 0.5) is 5.69 Å². The number of aromatic nitrogens is 1. The fourth-order valence-electron chi connectivity index (χ4n) is 3.10. The summed E-state index contributed by atoms with van der Waals surface area (Å²) >= 11 is 0. The van der Waals surface area contributed by atoms with Crippen LogP contribution in [-0.4, -0.2) is 49.4 Å². The molecule has 1 aliphatic rings. The number of rotatable bonds is 4. The molecule has 0 radical (unpaired) electrons. The van der Waals surface area contributed by atoms with Crippen molar-refractivity contribution in [2.24, 2.45) is 11.7 Å². The summed E-state index contributed by atoms with van der Waals surface area (Å²) in [5, 5.41) is 7.80. The van der Waals surface area contributed by atoms with Gasteiger partial charge in [-0.2, -0.15) is 0 Å². The van der Waals surface area contributed by atoms with Gasteiger partial charge in [0.2, 0.25) is 0 Å². The molecule has 2 rings (SSSR count). The first kappa shape index (κ1) is 14.8. The second-order valence-electron chi connectivity index (χ2n) is 5.95. The van der Waals surface area contributed by atoms with Crippen LogP contribution in [0.1, 0.15) is 23.4 Å². The van der Waals surface area contributed by atoms with Gasteiger partial charge in [-0.25, -0.2) is 0 Å². The molecule has 1 fully saturated rings. The lowest BCUT2D eigenvalue weighted by Crippen LogP contribution is -2.30. The highest BCUT2D eigenvalue weighted by Crippen LogP contribution is 2.25. The lowest BCUT2D eigenvalue weighted by atomic mass is 10.1. The van der Waals surface area contributed by atoms with Crippen LogP contribution in [0.5, 0.6) is 0 Å². The van der Waals surface area contributed by atoms with Gasteiger partial charge in [-0.3, -0.25) is 10.4 Å². The predicted octanol–water partition coefficient (Wildman–Crippen LogP) is 1.37. The molecule has 5 nitrogen and oxygen atoms in total. The molecule has 0 aliphatic carbocycles. The van der Waals surface area contributed by atoms with Gasteiger partial charge in [0.25, 0.3) is 0 Å². The summed E-state index contributed by atoms with van der Waals surface area (Å²) in [6.45, 7) is 7.21. The van der Waals surface area contributed by atoms with Gasteiger partial charge in [0, 0.05) is 25.8 Å². The first-order chi connectivity index (χ1) is 9.38. The molecule has 2 heterocycles. The van der Waals surface area contributed by atoms with Gasteiger partial charge in [0.15, 0.2) is 0 Å². The van der Waals surface area contributed by atoms with E-state index in [1.165, 1.54) is 13.0 Å². The SMILES string of the molecule is Cc1cc(N(C)CC2CCN(C)C2)c(C(=N)N)c(C)n1. The number of amidine groups is 1. The van der Waals surface area contributed by atoms with Gasteiger partial charge < -0.3 is 15.5 Å². The van der Waals surface area contributed by atoms with Crippen LogP contribution in [-0.2, 0) is 0 Å². The third-order valence-corrected chi connectivity index (χ3v) is 4.01. The molecule has 1 atom stereocenters. The Bertz CT molecular complexity index is 511. The number of pyridine rings is 1. The van der Waals surface area contributed by atoms with Crippen LogP contribution in [0.25, 0.3) is 0 Å². The average molecular weight is 275 g/mol. The van der Waals surface area contributed by atoms with Crippen molar-refractivity contribution in [1.82, 2.24) is 9.88 Å². The third kappa shape index (κ3) is 3.10. The van der Waals surface area contributed by atoms with Gasteiger partial charge >= 0.3 is 0 Å². The van der Waals surface area contributed by atoms with Gasteiger partial charge in [-0.15, -0.1) is 0 Å². The Morgan fingerprint density at radius 3 is 2.80 bits per heavy atom. The summed E-state index contributed by atoms with van der Waals surface area (Å²) in [5.41, 5.74) is 9.34. The van der Waals surface area contributed by atoms with Crippen molar-refractivity contribution >= 4 is 11.5 Å². The van der Waals surface area contributed by atoms with Crippen molar-refractivity contribution in [3.05, 3.63) is 23.0 Å². The molecule has 110 valence electrons. The number of nitrogens with one attached hydrogen (secondary N) is 1. The van der Waals surface area contributed by atoms with E-state index in [0.717, 1.165) is 35.7 Å². The van der Waals surface area contributed by atoms with Crippen molar-refractivity contribution in [2.45, 2.75) is 20.3 Å². The Morgan fingerprint density at radius 2 is 2.25 bits per heavy atom. The minimum atomic E-state index is 0.0976. The summed E-state index contributed by atoms with van der Waals surface area (Å²) < 4.78 is 0. The largest absolute Gasteiger partial charge is 0.384 e. The normalized spacial score (nSPS) is 19.3. The standard InChI is InChI=1S/C15H25N5/c1-10-7-13(14(15(16)17)11(2)18-10)20(4)9-12-5-6-19(3)8-12/h7,12H,5-6,8-9H2,1-4H3,(H3,16,17). The number of hydrogen-bond donors (Lipinski definition) is 2. The molecule has 5 heteroatoms. The van der Waals surface area contributed by atoms with Crippen molar-refractivity contribution in [2.75, 3.05) is 38.6 Å². The maximum Gasteiger partial charge on any atom is 0.126 e. The van der Waals surface area contributed by atoms with Crippen molar-refractivity contribution in [1.29, 1.82) is 5.41 Å². The molecule has 1 aromatic rings. The number of likely N-dealkylation sites (tertiary alicyclic amines) is 1. The number of nitrogens with zero attached hydrogens (tertiary/aromatic N) is 3. The molecule has 1 aliphatic heterocycles. The maximum atomic E-state index is 7.80. The molecule has 0 spiro atoms. The van der Waals surface area contributed by atoms with E-state index in [0.29, 0.717) is 5.92 Å². The maximum absolute atomic E-state index is 7.80. The van der Waals surface area contributed by atoms with Crippen molar-refractivity contribution in [3.63, 3.8) is 0 Å². The lowest BCUT2D eigenvalue weighted by Gasteiger charge is -2.26. The molecule has 1 saturated heterocycles. The van der Waals surface area contributed by atoms with E-state index in [2.05, 4.69) is 28.9 Å². The molecule has 1 unspecified atom stereocenters. The minimum absolute atomic E-state index is 0.0976. The number of hydrogen-bond acceptors (Lipinski definition) is 4. The van der Waals surface area contributed by atoms with E-state index in [1.807, 2.05) is 19.9 Å². The van der Waals surface area contributed by atoms with E-state index < -0.39 is 0 Å². The molecule has 0 bridgehead atoms. The zero-order valence-electron chi connectivity index (χ0n) is 12.9. The van der Waals surface area contributed by atoms with Crippen LogP contribution >= 0.6 is 0 Å². The summed E-state index contributed by atoms with van der Waals surface area (Å²) in [6, 6.07) is 2.03. The smallest absolute Gasteiger partial charge is 0.126 e. The Hall–Kier alpha value is -1.62. The topological polar surface area (TPSA) is 69.2 Å². The fourth-order valence-corrected chi connectivity index (χ4v) is 3.10. The Kier molecular flexibility index (Phi) is 4.28. The van der Waals surface area contributed by atoms with Gasteiger partial charge in [0.1, 0.15) is 5.84 Å². The number of anilines is 1. The van der Waals surface area contributed by atoms with Crippen LogP contribution in [0.15, 0.2) is 6.07 Å². The molecule has 20 heavy (non-hydrogen) atoms. The van der Waals surface area contributed by atoms with Gasteiger partial charge in [0.05, 0.1) is 16.9 Å². The summed E-state index contributed by atoms with van der Waals surface area (Å²) in [6.07, 6.45) is 1.24. The van der Waals surface area contributed by atoms with Crippen LogP contribution < -0.4 is 10.6 Å². The third-order valence-electron chi connectivity index (χ3n) is 4.01. The summed E-state index contributed by atoms with van der Waals surface area (Å²) in [4.78, 5) is 9.02. The van der Waals surface area contributed by atoms with Crippen molar-refractivity contribution < 1.29 is 0 Å². The quantitative estimate of drug-likeness (QED) is 0.643. The number of aryl methyl sites for hydroxylation is 2. The first-order valence-corrected chi connectivity index (χ1v) is 7.10. The van der Waals surface area contributed by atoms with E-state index in [9.17, 15) is 0 Å². The van der Waals surface area contributed by atoms with Gasteiger partial charge in [-0.05, 0) is 45.8 Å². The Morgan fingerprint density at radius 1 is 1.55 bits per heavy atom. The summed E-state index contributed by atoms with van der Waals surface area (Å²) in [7, 11) is 4.25. The molecular formula is C15H25N5. The van der Waals surface area contributed by atoms with E-state index in [1.54, 1.807) is 0 Å². The Labute approximate surface area is 121 Å². The number of nitrogens with two attached hydrogens (primary N) is 1. The van der Waals surface area contributed by atoms with Crippen molar-refractivity contribution in [3.8, 4) is 0 Å². The van der Waals surface area contributed by atoms with E-state index in [-0.39, 0.29) is 5.84 Å². The van der Waals surface area contributed by atoms with Gasteiger partial charge in [-0.1, -0.05) is 0 Å². The monoisotopic (exact) mass is 275 g/mol. The molecule has 3 N–H and O–H groups in total. The van der Waals surface area contributed by atoms with E-state index >= 15 is 0 Å². The van der Waals surface area contributed by atoms with Crippen LogP contribution in [0, 0.1) is 25.2 Å². The molecule has 0 saturated carbocycles. The molecule has 0 aromatic carbocycles. The molecular weight excluding hydrogens is 250 g/mol. The fraction of sp³-hybridized carbons (Fsp3) is 0.600. The highest BCUT2D eigenvalue weighted by molar-refractivity contribution is 6.01. The Balaban J connectivity index is 2.24. The zero-order valence-corrected chi connectivity index (χ0v) is 12.9. The second-order valence-corrected chi connectivity index (χ2v) is 5.95. The second kappa shape index (κ2) is 5.79. The highest BCUT2D eigenvalue weighted by atomic mass is 15.2. The predicted molar refractivity (Wildman–Crippen MR) is 83.6 cm³/mol. The van der Waals surface area contributed by atoms with Crippen LogP contribution in [0.2, 0.25) is 0 Å². The molecule has 1 aromatic heterocycles. The first-order valence-electron chi connectivity index (χ1n) is 7.10. The zero-order chi connectivity index (χ0) is 14.9. The lowest BCUT2D eigenvalue weighted by molar-refractivity contribution is 0.396. The summed E-state index contributed by atoms with van der Waals surface area (Å²) in [5.74, 6) is 0.777. The molecule has 0 amide bonds. The highest BCUT2D eigenvalue weighted by Gasteiger charge is 2.22.